The Morgan fingerprint density at radius 2 is 2.33 bits per heavy atom. The zero-order valence-corrected chi connectivity index (χ0v) is 16.0. The lowest BCUT2D eigenvalue weighted by atomic mass is 10.1. The number of nitrogens with one attached hydrogen (secondary N) is 2. The van der Waals surface area contributed by atoms with E-state index in [4.69, 9.17) is 25.8 Å². The fourth-order valence-corrected chi connectivity index (χ4v) is 3.64. The number of carbonyl (C=O) groups is 1. The average Bonchev–Trinajstić information content (AvgIpc) is 3.16. The minimum Gasteiger partial charge on any atom is -0.388 e. The van der Waals surface area contributed by atoms with Gasteiger partial charge in [-0.1, -0.05) is 11.6 Å². The Kier molecular flexibility index (Phi) is 7.40. The molecule has 27 heavy (non-hydrogen) atoms. The van der Waals surface area contributed by atoms with Gasteiger partial charge in [-0.05, 0) is 6.07 Å². The Bertz CT molecular complexity index is 635. The van der Waals surface area contributed by atoms with Crippen molar-refractivity contribution >= 4 is 17.5 Å². The van der Waals surface area contributed by atoms with Crippen molar-refractivity contribution in [2.45, 2.75) is 49.9 Å². The fraction of sp³-hybridized carbons (Fsp3) is 0.667. The van der Waals surface area contributed by atoms with E-state index in [2.05, 4.69) is 15.6 Å². The Hall–Kier alpha value is -1.29. The second-order valence-corrected chi connectivity index (χ2v) is 7.21. The third-order valence-corrected chi connectivity index (χ3v) is 5.19. The minimum absolute atomic E-state index is 0.0851. The van der Waals surface area contributed by atoms with Gasteiger partial charge in [-0.15, -0.1) is 0 Å². The number of methoxy groups -OCH3 is 1. The summed E-state index contributed by atoms with van der Waals surface area (Å²) in [7, 11) is 1.59. The van der Waals surface area contributed by atoms with Crippen molar-refractivity contribution in [3.8, 4) is 0 Å². The number of aliphatic hydroxyl groups is 1. The van der Waals surface area contributed by atoms with Crippen LogP contribution in [0.25, 0.3) is 0 Å². The normalized spacial score (nSPS) is 29.7. The zero-order valence-electron chi connectivity index (χ0n) is 15.3. The number of nitrogens with zero attached hydrogens (tertiary/aromatic N) is 1. The monoisotopic (exact) mass is 399 g/mol. The number of hydrogen-bond donors (Lipinski definition) is 3. The van der Waals surface area contributed by atoms with E-state index in [1.807, 2.05) is 0 Å². The van der Waals surface area contributed by atoms with E-state index in [-0.39, 0.29) is 30.6 Å². The van der Waals surface area contributed by atoms with Gasteiger partial charge in [0.2, 0.25) is 5.91 Å². The predicted molar refractivity (Wildman–Crippen MR) is 98.4 cm³/mol. The highest BCUT2D eigenvalue weighted by atomic mass is 35.5. The van der Waals surface area contributed by atoms with Crippen LogP contribution in [0.1, 0.15) is 18.4 Å². The van der Waals surface area contributed by atoms with Crippen molar-refractivity contribution in [3.05, 3.63) is 29.0 Å². The van der Waals surface area contributed by atoms with Crippen LogP contribution in [0.5, 0.6) is 0 Å². The molecule has 0 spiro atoms. The average molecular weight is 400 g/mol. The summed E-state index contributed by atoms with van der Waals surface area (Å²) in [5, 5.41) is 17.1. The Labute approximate surface area is 163 Å². The molecule has 3 heterocycles. The van der Waals surface area contributed by atoms with Crippen molar-refractivity contribution in [2.24, 2.45) is 0 Å². The zero-order chi connectivity index (χ0) is 19.2. The lowest BCUT2D eigenvalue weighted by Crippen LogP contribution is -2.39. The number of rotatable bonds is 9. The molecule has 8 nitrogen and oxygen atoms in total. The standard InChI is InChI=1S/C18H26ClN3O5/c1-25-5-4-22-16(23)7-12-6-14-18(26-12)17(24)15(27-14)10-21-9-11-8-20-3-2-13(11)19/h2-3,8,12,14-15,17-18,21,24H,4-7,9-10H2,1H3,(H,22,23)/t12-,14+,15+,17+,18-/m0/s1. The van der Waals surface area contributed by atoms with Gasteiger partial charge in [0.05, 0.1) is 31.3 Å². The molecule has 0 aliphatic carbocycles. The summed E-state index contributed by atoms with van der Waals surface area (Å²) >= 11 is 6.10. The van der Waals surface area contributed by atoms with E-state index in [9.17, 15) is 9.90 Å². The molecule has 0 unspecified atom stereocenters. The molecule has 9 heteroatoms. The van der Waals surface area contributed by atoms with Gasteiger partial charge in [0.1, 0.15) is 12.2 Å². The van der Waals surface area contributed by atoms with Crippen LogP contribution in [0.2, 0.25) is 5.02 Å². The molecule has 3 rings (SSSR count). The highest BCUT2D eigenvalue weighted by Gasteiger charge is 2.50. The second kappa shape index (κ2) is 9.77. The van der Waals surface area contributed by atoms with E-state index >= 15 is 0 Å². The predicted octanol–water partition coefficient (Wildman–Crippen LogP) is 0.263. The number of aromatic nitrogens is 1. The number of halogens is 1. The smallest absolute Gasteiger partial charge is 0.222 e. The molecule has 1 amide bonds. The summed E-state index contributed by atoms with van der Waals surface area (Å²) < 4.78 is 16.7. The second-order valence-electron chi connectivity index (χ2n) is 6.81. The number of fused-ring (bicyclic) bond motifs is 1. The maximum absolute atomic E-state index is 11.9. The van der Waals surface area contributed by atoms with Crippen molar-refractivity contribution < 1.29 is 24.1 Å². The van der Waals surface area contributed by atoms with E-state index < -0.39 is 12.2 Å². The number of carbonyl (C=O) groups excluding carboxylic acids is 1. The highest BCUT2D eigenvalue weighted by molar-refractivity contribution is 6.31. The van der Waals surface area contributed by atoms with Crippen molar-refractivity contribution in [1.29, 1.82) is 0 Å². The van der Waals surface area contributed by atoms with Crippen LogP contribution in [0.4, 0.5) is 0 Å². The summed E-state index contributed by atoms with van der Waals surface area (Å²) in [5.74, 6) is -0.0851. The third-order valence-electron chi connectivity index (χ3n) is 4.82. The molecule has 1 aromatic rings. The first kappa shape index (κ1) is 20.4. The highest BCUT2D eigenvalue weighted by Crippen LogP contribution is 2.35. The molecular weight excluding hydrogens is 374 g/mol. The quantitative estimate of drug-likeness (QED) is 0.512. The molecule has 150 valence electrons. The maximum atomic E-state index is 11.9. The van der Waals surface area contributed by atoms with Crippen LogP contribution >= 0.6 is 11.6 Å². The third kappa shape index (κ3) is 5.37. The lowest BCUT2D eigenvalue weighted by molar-refractivity contribution is -0.124. The molecule has 2 saturated heterocycles. The molecule has 5 atom stereocenters. The lowest BCUT2D eigenvalue weighted by Gasteiger charge is -2.20. The Morgan fingerprint density at radius 3 is 3.07 bits per heavy atom. The van der Waals surface area contributed by atoms with Crippen LogP contribution in [0.15, 0.2) is 18.5 Å². The van der Waals surface area contributed by atoms with Gasteiger partial charge in [0.25, 0.3) is 0 Å². The molecule has 0 saturated carbocycles. The summed E-state index contributed by atoms with van der Waals surface area (Å²) in [6.07, 6.45) is 2.31. The molecular formula is C18H26ClN3O5. The van der Waals surface area contributed by atoms with Gasteiger partial charge in [0, 0.05) is 56.1 Å². The van der Waals surface area contributed by atoms with Crippen LogP contribution < -0.4 is 10.6 Å². The number of pyridine rings is 1. The first-order valence-electron chi connectivity index (χ1n) is 9.12. The molecule has 3 N–H and O–H groups in total. The first-order chi connectivity index (χ1) is 13.1. The van der Waals surface area contributed by atoms with E-state index in [0.717, 1.165) is 5.56 Å². The van der Waals surface area contributed by atoms with E-state index in [1.165, 1.54) is 0 Å². The van der Waals surface area contributed by atoms with Crippen molar-refractivity contribution in [1.82, 2.24) is 15.6 Å². The largest absolute Gasteiger partial charge is 0.388 e. The van der Waals surface area contributed by atoms with Crippen LogP contribution in [-0.4, -0.2) is 73.3 Å². The van der Waals surface area contributed by atoms with Crippen LogP contribution in [-0.2, 0) is 25.5 Å². The number of ether oxygens (including phenoxy) is 3. The SMILES string of the molecule is COCCNC(=O)C[C@@H]1C[C@H]2O[C@H](CNCc3cnccc3Cl)[C@@H](O)[C@H]2O1. The summed E-state index contributed by atoms with van der Waals surface area (Å²) in [6, 6.07) is 1.74. The Morgan fingerprint density at radius 1 is 1.48 bits per heavy atom. The van der Waals surface area contributed by atoms with Gasteiger partial charge in [-0.3, -0.25) is 9.78 Å². The summed E-state index contributed by atoms with van der Waals surface area (Å²) in [6.45, 7) is 1.97. The molecule has 0 radical (unpaired) electrons. The first-order valence-corrected chi connectivity index (χ1v) is 9.50. The van der Waals surface area contributed by atoms with Crippen LogP contribution in [0.3, 0.4) is 0 Å². The minimum atomic E-state index is -0.728. The molecule has 0 aromatic carbocycles. The number of aliphatic hydroxyl groups excluding tert-OH is 1. The number of amides is 1. The maximum Gasteiger partial charge on any atom is 0.222 e. The number of hydrogen-bond acceptors (Lipinski definition) is 7. The summed E-state index contributed by atoms with van der Waals surface area (Å²) in [5.41, 5.74) is 0.891. The fourth-order valence-electron chi connectivity index (χ4n) is 3.47. The van der Waals surface area contributed by atoms with Gasteiger partial charge >= 0.3 is 0 Å². The topological polar surface area (TPSA) is 102 Å². The van der Waals surface area contributed by atoms with Crippen molar-refractivity contribution in [3.63, 3.8) is 0 Å². The Balaban J connectivity index is 1.39. The molecule has 1 aromatic heterocycles. The molecule has 2 fully saturated rings. The van der Waals surface area contributed by atoms with Gasteiger partial charge in [-0.25, -0.2) is 0 Å². The van der Waals surface area contributed by atoms with Gasteiger partial charge in [-0.2, -0.15) is 0 Å². The molecule has 2 aliphatic rings. The van der Waals surface area contributed by atoms with Gasteiger partial charge in [0.15, 0.2) is 0 Å². The van der Waals surface area contributed by atoms with Crippen LogP contribution in [0, 0.1) is 0 Å². The van der Waals surface area contributed by atoms with Crippen molar-refractivity contribution in [2.75, 3.05) is 26.8 Å². The van der Waals surface area contributed by atoms with E-state index in [1.54, 1.807) is 25.6 Å². The van der Waals surface area contributed by atoms with E-state index in [0.29, 0.717) is 37.7 Å². The molecule has 2 aliphatic heterocycles. The molecule has 0 bridgehead atoms. The van der Waals surface area contributed by atoms with Gasteiger partial charge < -0.3 is 30.0 Å². The summed E-state index contributed by atoms with van der Waals surface area (Å²) in [4.78, 5) is 15.9.